The van der Waals surface area contributed by atoms with Crippen LogP contribution in [0, 0.1) is 5.92 Å². The van der Waals surface area contributed by atoms with Crippen molar-refractivity contribution in [3.8, 4) is 0 Å². The minimum atomic E-state index is -4.55. The Bertz CT molecular complexity index is 727. The summed E-state index contributed by atoms with van der Waals surface area (Å²) in [7, 11) is -0.491. The second-order valence-electron chi connectivity index (χ2n) is 6.27. The highest BCUT2D eigenvalue weighted by atomic mass is 32.2. The van der Waals surface area contributed by atoms with Crippen LogP contribution in [0.1, 0.15) is 28.9 Å². The standard InChI is InChI=1S/C15H21F3N4O3S/c1-21(2)26(24,25)22-7-5-11(6-8-22)9-20-14(23)12-3-4-13(19-10-12)15(16,17)18/h3-4,10-11H,5-9H2,1-2H3,(H,20,23). The van der Waals surface area contributed by atoms with Crippen molar-refractivity contribution in [1.29, 1.82) is 0 Å². The van der Waals surface area contributed by atoms with Gasteiger partial charge in [0.2, 0.25) is 0 Å². The molecular weight excluding hydrogens is 373 g/mol. The third kappa shape index (κ3) is 4.92. The summed E-state index contributed by atoms with van der Waals surface area (Å²) >= 11 is 0. The van der Waals surface area contributed by atoms with Crippen LogP contribution in [0.15, 0.2) is 18.3 Å². The van der Waals surface area contributed by atoms with E-state index in [9.17, 15) is 26.4 Å². The molecule has 146 valence electrons. The molecular formula is C15H21F3N4O3S. The Morgan fingerprint density at radius 2 is 1.92 bits per heavy atom. The van der Waals surface area contributed by atoms with Gasteiger partial charge < -0.3 is 5.32 Å². The first kappa shape index (κ1) is 20.6. The van der Waals surface area contributed by atoms with Crippen LogP contribution < -0.4 is 5.32 Å². The van der Waals surface area contributed by atoms with Crippen LogP contribution in [0.2, 0.25) is 0 Å². The molecule has 0 bridgehead atoms. The maximum atomic E-state index is 12.5. The number of hydrogen-bond donors (Lipinski definition) is 1. The third-order valence-electron chi connectivity index (χ3n) is 4.23. The smallest absolute Gasteiger partial charge is 0.352 e. The predicted molar refractivity (Wildman–Crippen MR) is 88.5 cm³/mol. The van der Waals surface area contributed by atoms with E-state index in [1.54, 1.807) is 0 Å². The van der Waals surface area contributed by atoms with Crippen molar-refractivity contribution in [2.24, 2.45) is 5.92 Å². The second-order valence-corrected chi connectivity index (χ2v) is 8.41. The number of piperidine rings is 1. The number of aromatic nitrogens is 1. The Kier molecular flexibility index (Phi) is 6.25. The van der Waals surface area contributed by atoms with Crippen LogP contribution >= 0.6 is 0 Å². The molecule has 2 heterocycles. The Balaban J connectivity index is 1.84. The fourth-order valence-corrected chi connectivity index (χ4v) is 3.74. The summed E-state index contributed by atoms with van der Waals surface area (Å²) in [6, 6.07) is 1.84. The van der Waals surface area contributed by atoms with Gasteiger partial charge >= 0.3 is 6.18 Å². The molecule has 0 saturated carbocycles. The van der Waals surface area contributed by atoms with Crippen LogP contribution in [0.25, 0.3) is 0 Å². The van der Waals surface area contributed by atoms with Crippen LogP contribution in [0.4, 0.5) is 13.2 Å². The summed E-state index contributed by atoms with van der Waals surface area (Å²) in [4.78, 5) is 15.3. The van der Waals surface area contributed by atoms with Gasteiger partial charge in [0.05, 0.1) is 5.56 Å². The molecule has 1 fully saturated rings. The zero-order valence-corrected chi connectivity index (χ0v) is 15.3. The molecule has 2 rings (SSSR count). The number of rotatable bonds is 5. The summed E-state index contributed by atoms with van der Waals surface area (Å²) in [5, 5.41) is 2.66. The lowest BCUT2D eigenvalue weighted by atomic mass is 9.98. The summed E-state index contributed by atoms with van der Waals surface area (Å²) in [5.41, 5.74) is -1.01. The van der Waals surface area contributed by atoms with Gasteiger partial charge in [-0.1, -0.05) is 0 Å². The molecule has 0 spiro atoms. The number of hydrogen-bond acceptors (Lipinski definition) is 4. The molecule has 0 atom stereocenters. The Labute approximate surface area is 150 Å². The van der Waals surface area contributed by atoms with Gasteiger partial charge in [-0.05, 0) is 30.9 Å². The average Bonchev–Trinajstić information content (AvgIpc) is 2.59. The van der Waals surface area contributed by atoms with Crippen molar-refractivity contribution in [2.75, 3.05) is 33.7 Å². The summed E-state index contributed by atoms with van der Waals surface area (Å²) in [6.07, 6.45) is -2.46. The number of nitrogens with zero attached hydrogens (tertiary/aromatic N) is 3. The van der Waals surface area contributed by atoms with Crippen LogP contribution in [-0.2, 0) is 16.4 Å². The van der Waals surface area contributed by atoms with E-state index in [2.05, 4.69) is 10.3 Å². The van der Waals surface area contributed by atoms with Gasteiger partial charge in [-0.15, -0.1) is 0 Å². The van der Waals surface area contributed by atoms with Crippen molar-refractivity contribution in [3.05, 3.63) is 29.6 Å². The molecule has 1 amide bonds. The first-order valence-electron chi connectivity index (χ1n) is 8.01. The summed E-state index contributed by atoms with van der Waals surface area (Å²) in [6.45, 7) is 1.06. The number of carbonyl (C=O) groups is 1. The van der Waals surface area contributed by atoms with E-state index in [-0.39, 0.29) is 11.5 Å². The number of nitrogens with one attached hydrogen (secondary N) is 1. The molecule has 0 aromatic carbocycles. The molecule has 1 aliphatic heterocycles. The third-order valence-corrected chi connectivity index (χ3v) is 6.17. The number of carbonyl (C=O) groups excluding carboxylic acids is 1. The average molecular weight is 394 g/mol. The van der Waals surface area contributed by atoms with Crippen LogP contribution in [-0.4, -0.2) is 61.6 Å². The Morgan fingerprint density at radius 1 is 1.31 bits per heavy atom. The lowest BCUT2D eigenvalue weighted by Crippen LogP contribution is -2.45. The van der Waals surface area contributed by atoms with E-state index < -0.39 is 28.0 Å². The minimum absolute atomic E-state index is 0.0469. The van der Waals surface area contributed by atoms with Gasteiger partial charge in [-0.25, -0.2) is 0 Å². The highest BCUT2D eigenvalue weighted by Gasteiger charge is 2.32. The maximum absolute atomic E-state index is 12.5. The SMILES string of the molecule is CN(C)S(=O)(=O)N1CCC(CNC(=O)c2ccc(C(F)(F)F)nc2)CC1. The first-order valence-corrected chi connectivity index (χ1v) is 9.40. The van der Waals surface area contributed by atoms with E-state index in [4.69, 9.17) is 0 Å². The van der Waals surface area contributed by atoms with Gasteiger partial charge in [0.25, 0.3) is 16.1 Å². The summed E-state index contributed by atoms with van der Waals surface area (Å²) < 4.78 is 64.0. The number of halogens is 3. The molecule has 1 aliphatic rings. The molecule has 1 aromatic rings. The van der Waals surface area contributed by atoms with Crippen molar-refractivity contribution >= 4 is 16.1 Å². The number of pyridine rings is 1. The highest BCUT2D eigenvalue weighted by molar-refractivity contribution is 7.86. The maximum Gasteiger partial charge on any atom is 0.433 e. The highest BCUT2D eigenvalue weighted by Crippen LogP contribution is 2.27. The van der Waals surface area contributed by atoms with E-state index in [0.29, 0.717) is 32.5 Å². The lowest BCUT2D eigenvalue weighted by Gasteiger charge is -2.32. The van der Waals surface area contributed by atoms with Gasteiger partial charge in [0.15, 0.2) is 0 Å². The zero-order chi connectivity index (χ0) is 19.5. The van der Waals surface area contributed by atoms with Crippen molar-refractivity contribution in [3.63, 3.8) is 0 Å². The molecule has 7 nitrogen and oxygen atoms in total. The quantitative estimate of drug-likeness (QED) is 0.817. The van der Waals surface area contributed by atoms with Crippen molar-refractivity contribution in [2.45, 2.75) is 19.0 Å². The first-order chi connectivity index (χ1) is 12.0. The Hall–Kier alpha value is -1.72. The molecule has 1 saturated heterocycles. The van der Waals surface area contributed by atoms with Gasteiger partial charge in [-0.2, -0.15) is 30.2 Å². The van der Waals surface area contributed by atoms with Gasteiger partial charge in [-0.3, -0.25) is 9.78 Å². The van der Waals surface area contributed by atoms with Gasteiger partial charge in [0, 0.05) is 39.9 Å². The topological polar surface area (TPSA) is 82.6 Å². The lowest BCUT2D eigenvalue weighted by molar-refractivity contribution is -0.141. The zero-order valence-electron chi connectivity index (χ0n) is 14.5. The normalized spacial score (nSPS) is 17.5. The molecule has 26 heavy (non-hydrogen) atoms. The van der Waals surface area contributed by atoms with Crippen molar-refractivity contribution in [1.82, 2.24) is 18.9 Å². The second kappa shape index (κ2) is 7.89. The van der Waals surface area contributed by atoms with E-state index in [0.717, 1.165) is 22.6 Å². The molecule has 1 aromatic heterocycles. The Morgan fingerprint density at radius 3 is 2.38 bits per heavy atom. The molecule has 0 radical (unpaired) electrons. The van der Waals surface area contributed by atoms with Gasteiger partial charge in [0.1, 0.15) is 5.69 Å². The molecule has 0 unspecified atom stereocenters. The number of alkyl halides is 3. The van der Waals surface area contributed by atoms with Crippen LogP contribution in [0.3, 0.4) is 0 Å². The van der Waals surface area contributed by atoms with Crippen molar-refractivity contribution < 1.29 is 26.4 Å². The monoisotopic (exact) mass is 394 g/mol. The number of amides is 1. The van der Waals surface area contributed by atoms with E-state index >= 15 is 0 Å². The fourth-order valence-electron chi connectivity index (χ4n) is 2.61. The predicted octanol–water partition coefficient (Wildman–Crippen LogP) is 1.35. The van der Waals surface area contributed by atoms with E-state index in [1.165, 1.54) is 18.4 Å². The molecule has 11 heteroatoms. The largest absolute Gasteiger partial charge is 0.433 e. The summed E-state index contributed by atoms with van der Waals surface area (Å²) in [5.74, 6) is -0.399. The molecule has 1 N–H and O–H groups in total. The minimum Gasteiger partial charge on any atom is -0.352 e. The van der Waals surface area contributed by atoms with E-state index in [1.807, 2.05) is 0 Å². The molecule has 0 aliphatic carbocycles. The van der Waals surface area contributed by atoms with Crippen LogP contribution in [0.5, 0.6) is 0 Å². The fraction of sp³-hybridized carbons (Fsp3) is 0.600.